The molecule has 2 saturated heterocycles. The third-order valence-corrected chi connectivity index (χ3v) is 8.92. The lowest BCUT2D eigenvalue weighted by atomic mass is 10.0. The summed E-state index contributed by atoms with van der Waals surface area (Å²) in [6.07, 6.45) is -2.87. The van der Waals surface area contributed by atoms with Crippen molar-refractivity contribution in [3.63, 3.8) is 0 Å². The Morgan fingerprint density at radius 2 is 1.75 bits per heavy atom. The van der Waals surface area contributed by atoms with Crippen molar-refractivity contribution in [3.8, 4) is 17.1 Å². The van der Waals surface area contributed by atoms with Crippen LogP contribution in [0.1, 0.15) is 23.1 Å². The number of amides is 2. The summed E-state index contributed by atoms with van der Waals surface area (Å²) in [6.45, 7) is 3.60. The van der Waals surface area contributed by atoms with Crippen molar-refractivity contribution in [3.05, 3.63) is 65.7 Å². The number of hydrogen-bond donors (Lipinski definition) is 0. The number of alkyl halides is 3. The minimum absolute atomic E-state index is 0.0210. The number of anilines is 1. The Balaban J connectivity index is 1.29. The number of aromatic nitrogens is 1. The van der Waals surface area contributed by atoms with Crippen LogP contribution in [0.3, 0.4) is 0 Å². The van der Waals surface area contributed by atoms with Crippen molar-refractivity contribution in [1.82, 2.24) is 14.8 Å². The van der Waals surface area contributed by atoms with Gasteiger partial charge >= 0.3 is 12.2 Å². The van der Waals surface area contributed by atoms with Crippen LogP contribution in [0.5, 0.6) is 5.75 Å². The largest absolute Gasteiger partial charge is 0.496 e. The average molecular weight is 579 g/mol. The second-order valence-electron chi connectivity index (χ2n) is 9.83. The van der Waals surface area contributed by atoms with Crippen LogP contribution in [-0.4, -0.2) is 80.6 Å². The van der Waals surface area contributed by atoms with E-state index in [0.29, 0.717) is 49.1 Å². The minimum atomic E-state index is -4.51. The Morgan fingerprint density at radius 3 is 2.35 bits per heavy atom. The molecule has 1 atom stereocenters. The lowest BCUT2D eigenvalue weighted by molar-refractivity contribution is -0.137. The molecule has 0 bridgehead atoms. The Bertz CT molecular complexity index is 1480. The smallest absolute Gasteiger partial charge is 0.416 e. The highest BCUT2D eigenvalue weighted by atomic mass is 32.2. The van der Waals surface area contributed by atoms with Gasteiger partial charge in [-0.25, -0.2) is 18.2 Å². The molecule has 0 N–H and O–H groups in total. The van der Waals surface area contributed by atoms with Crippen molar-refractivity contribution < 1.29 is 35.5 Å². The molecule has 2 amide bonds. The second kappa shape index (κ2) is 10.7. The lowest BCUT2D eigenvalue weighted by Crippen LogP contribution is -2.56. The van der Waals surface area contributed by atoms with Gasteiger partial charge in [0.25, 0.3) is 0 Å². The van der Waals surface area contributed by atoms with E-state index in [1.165, 1.54) is 17.0 Å². The first-order valence-corrected chi connectivity index (χ1v) is 14.6. The summed E-state index contributed by atoms with van der Waals surface area (Å²) in [5.41, 5.74) is 1.22. The van der Waals surface area contributed by atoms with Crippen LogP contribution in [0.4, 0.5) is 23.7 Å². The van der Waals surface area contributed by atoms with Gasteiger partial charge in [0.1, 0.15) is 5.75 Å². The number of halogens is 3. The standard InChI is InChI=1S/C27H29F3N4O5S/c1-18-31-16-25(39-18)22-8-7-21(15-24(22)38-2)32-9-11-33(12-10-32)26(35)34-13-14-40(36,37)17-23(34)19-3-5-20(6-4-19)27(28,29)30/h3-8,15-16,23H,9-14,17H2,1-2H3. The molecule has 0 saturated carbocycles. The fraction of sp³-hybridized carbons (Fsp3) is 0.407. The zero-order chi connectivity index (χ0) is 28.7. The van der Waals surface area contributed by atoms with E-state index in [1.54, 1.807) is 25.1 Å². The van der Waals surface area contributed by atoms with Gasteiger partial charge in [0.15, 0.2) is 21.5 Å². The average Bonchev–Trinajstić information content (AvgIpc) is 3.37. The van der Waals surface area contributed by atoms with Crippen LogP contribution in [0.15, 0.2) is 53.1 Å². The van der Waals surface area contributed by atoms with Crippen LogP contribution in [0.25, 0.3) is 11.3 Å². The first-order chi connectivity index (χ1) is 18.9. The number of nitrogens with zero attached hydrogens (tertiary/aromatic N) is 4. The van der Waals surface area contributed by atoms with E-state index in [0.717, 1.165) is 23.4 Å². The van der Waals surface area contributed by atoms with E-state index in [4.69, 9.17) is 9.15 Å². The molecular formula is C27H29F3N4O5S. The van der Waals surface area contributed by atoms with Crippen molar-refractivity contribution >= 4 is 21.6 Å². The third-order valence-electron chi connectivity index (χ3n) is 7.29. The van der Waals surface area contributed by atoms with Gasteiger partial charge in [-0.1, -0.05) is 12.1 Å². The minimum Gasteiger partial charge on any atom is -0.496 e. The van der Waals surface area contributed by atoms with Gasteiger partial charge in [-0.05, 0) is 29.8 Å². The van der Waals surface area contributed by atoms with Gasteiger partial charge in [-0.2, -0.15) is 13.2 Å². The number of hydrogen-bond acceptors (Lipinski definition) is 7. The summed E-state index contributed by atoms with van der Waals surface area (Å²) in [5.74, 6) is 1.26. The zero-order valence-corrected chi connectivity index (χ0v) is 22.8. The maximum Gasteiger partial charge on any atom is 0.416 e. The molecule has 5 rings (SSSR count). The van der Waals surface area contributed by atoms with Crippen LogP contribution < -0.4 is 9.64 Å². The van der Waals surface area contributed by atoms with Crippen molar-refractivity contribution in [2.45, 2.75) is 19.1 Å². The van der Waals surface area contributed by atoms with Crippen molar-refractivity contribution in [2.75, 3.05) is 56.2 Å². The van der Waals surface area contributed by atoms with E-state index in [-0.39, 0.29) is 24.1 Å². The molecule has 3 aromatic rings. The Morgan fingerprint density at radius 1 is 1.05 bits per heavy atom. The molecule has 1 aromatic heterocycles. The molecule has 9 nitrogen and oxygen atoms in total. The number of oxazole rings is 1. The van der Waals surface area contributed by atoms with E-state index in [2.05, 4.69) is 9.88 Å². The fourth-order valence-electron chi connectivity index (χ4n) is 5.11. The molecule has 2 aliphatic rings. The highest BCUT2D eigenvalue weighted by Crippen LogP contribution is 2.35. The number of aryl methyl sites for hydroxylation is 1. The molecule has 1 unspecified atom stereocenters. The molecule has 2 aromatic carbocycles. The number of carbonyl (C=O) groups is 1. The van der Waals surface area contributed by atoms with Crippen LogP contribution >= 0.6 is 0 Å². The van der Waals surface area contributed by atoms with Gasteiger partial charge in [-0.15, -0.1) is 0 Å². The number of urea groups is 1. The Kier molecular flexibility index (Phi) is 7.42. The van der Waals surface area contributed by atoms with E-state index in [9.17, 15) is 26.4 Å². The number of ether oxygens (including phenoxy) is 1. The molecule has 40 heavy (non-hydrogen) atoms. The van der Waals surface area contributed by atoms with Gasteiger partial charge in [0.2, 0.25) is 0 Å². The topological polar surface area (TPSA) is 96.2 Å². The summed E-state index contributed by atoms with van der Waals surface area (Å²) in [6, 6.07) is 8.91. The number of rotatable bonds is 4. The molecule has 0 radical (unpaired) electrons. The molecule has 0 aliphatic carbocycles. The molecule has 0 spiro atoms. The number of carbonyl (C=O) groups excluding carboxylic acids is 1. The number of benzene rings is 2. The third kappa shape index (κ3) is 5.74. The fourth-order valence-corrected chi connectivity index (χ4v) is 6.61. The van der Waals surface area contributed by atoms with Crippen LogP contribution in [0, 0.1) is 6.92 Å². The van der Waals surface area contributed by atoms with Gasteiger partial charge in [0, 0.05) is 51.4 Å². The van der Waals surface area contributed by atoms with E-state index in [1.807, 2.05) is 18.2 Å². The molecule has 214 valence electrons. The zero-order valence-electron chi connectivity index (χ0n) is 22.0. The summed E-state index contributed by atoms with van der Waals surface area (Å²) in [4.78, 5) is 22.9. The summed E-state index contributed by atoms with van der Waals surface area (Å²) >= 11 is 0. The van der Waals surface area contributed by atoms with Crippen LogP contribution in [-0.2, 0) is 16.0 Å². The van der Waals surface area contributed by atoms with Crippen molar-refractivity contribution in [1.29, 1.82) is 0 Å². The Hall–Kier alpha value is -3.74. The summed E-state index contributed by atoms with van der Waals surface area (Å²) in [7, 11) is -1.88. The first-order valence-electron chi connectivity index (χ1n) is 12.7. The first kappa shape index (κ1) is 27.8. The predicted octanol–water partition coefficient (Wildman–Crippen LogP) is 4.39. The number of sulfone groups is 1. The predicted molar refractivity (Wildman–Crippen MR) is 142 cm³/mol. The molecule has 2 fully saturated rings. The maximum absolute atomic E-state index is 13.5. The maximum atomic E-state index is 13.5. The highest BCUT2D eigenvalue weighted by molar-refractivity contribution is 7.91. The normalized spacial score (nSPS) is 19.5. The molecular weight excluding hydrogens is 549 g/mol. The Labute approximate surface area is 230 Å². The van der Waals surface area contributed by atoms with Gasteiger partial charge in [-0.3, -0.25) is 0 Å². The quantitative estimate of drug-likeness (QED) is 0.453. The molecule has 3 heterocycles. The lowest BCUT2D eigenvalue weighted by Gasteiger charge is -2.42. The molecule has 13 heteroatoms. The van der Waals surface area contributed by atoms with E-state index < -0.39 is 27.6 Å². The summed E-state index contributed by atoms with van der Waals surface area (Å²) < 4.78 is 75.2. The number of methoxy groups -OCH3 is 1. The van der Waals surface area contributed by atoms with Crippen LogP contribution in [0.2, 0.25) is 0 Å². The second-order valence-corrected chi connectivity index (χ2v) is 12.1. The van der Waals surface area contributed by atoms with Crippen molar-refractivity contribution in [2.24, 2.45) is 0 Å². The summed E-state index contributed by atoms with van der Waals surface area (Å²) in [5, 5.41) is 0. The SMILES string of the molecule is COc1cc(N2CCN(C(=O)N3CCS(=O)(=O)CC3c3ccc(C(F)(F)F)cc3)CC2)ccc1-c1cnc(C)o1. The highest BCUT2D eigenvalue weighted by Gasteiger charge is 2.38. The van der Waals surface area contributed by atoms with Gasteiger partial charge < -0.3 is 23.9 Å². The van der Waals surface area contributed by atoms with Gasteiger partial charge in [0.05, 0.1) is 42.0 Å². The van der Waals surface area contributed by atoms with E-state index >= 15 is 0 Å². The molecule has 2 aliphatic heterocycles. The monoisotopic (exact) mass is 578 g/mol. The number of piperazine rings is 1.